The number of carbonyl (C=O) groups excluding carboxylic acids is 3. The van der Waals surface area contributed by atoms with E-state index in [4.69, 9.17) is 5.73 Å². The molecule has 2 amide bonds. The van der Waals surface area contributed by atoms with Crippen molar-refractivity contribution in [2.24, 2.45) is 0 Å². The Bertz CT molecular complexity index is 1290. The summed E-state index contributed by atoms with van der Waals surface area (Å²) in [7, 11) is 0. The number of nitrogens with two attached hydrogens (primary N) is 1. The normalized spacial score (nSPS) is 11.0. The van der Waals surface area contributed by atoms with Crippen LogP contribution in [0.15, 0.2) is 59.6 Å². The number of carbonyl (C=O) groups is 3. The van der Waals surface area contributed by atoms with Crippen LogP contribution in [0.3, 0.4) is 0 Å². The Kier molecular flexibility index (Phi) is 7.19. The van der Waals surface area contributed by atoms with Crippen molar-refractivity contribution in [2.75, 3.05) is 5.73 Å². The van der Waals surface area contributed by atoms with Gasteiger partial charge in [-0.2, -0.15) is 10.5 Å². The van der Waals surface area contributed by atoms with Gasteiger partial charge in [0, 0.05) is 11.1 Å². The Hall–Kier alpha value is -4.47. The molecule has 0 spiro atoms. The van der Waals surface area contributed by atoms with Crippen LogP contribution in [-0.2, 0) is 9.59 Å². The molecule has 0 aliphatic rings. The fraction of sp³-hybridized carbons (Fsp3) is 0.0833. The molecule has 1 unspecified atom stereocenters. The molecule has 0 aliphatic heterocycles. The van der Waals surface area contributed by atoms with Crippen LogP contribution in [-0.4, -0.2) is 33.9 Å². The maximum absolute atomic E-state index is 13.1. The molecule has 1 atom stereocenters. The highest BCUT2D eigenvalue weighted by atomic mass is 32.2. The minimum atomic E-state index is -1.33. The number of ketones is 1. The molecule has 0 saturated heterocycles. The Balaban J connectivity index is 2.20. The second-order valence-electron chi connectivity index (χ2n) is 6.88. The van der Waals surface area contributed by atoms with Gasteiger partial charge >= 0.3 is 0 Å². The minimum absolute atomic E-state index is 0.0113. The van der Waals surface area contributed by atoms with E-state index in [2.05, 4.69) is 4.98 Å². The molecule has 33 heavy (non-hydrogen) atoms. The van der Waals surface area contributed by atoms with Crippen molar-refractivity contribution in [1.29, 1.82) is 10.5 Å². The molecule has 3 rings (SSSR count). The van der Waals surface area contributed by atoms with E-state index in [0.717, 1.165) is 17.3 Å². The summed E-state index contributed by atoms with van der Waals surface area (Å²) < 4.78 is 0. The highest BCUT2D eigenvalue weighted by Gasteiger charge is 2.30. The number of nitriles is 2. The van der Waals surface area contributed by atoms with Gasteiger partial charge in [0.25, 0.3) is 0 Å². The van der Waals surface area contributed by atoms with Crippen molar-refractivity contribution >= 4 is 36.2 Å². The van der Waals surface area contributed by atoms with Gasteiger partial charge in [0.2, 0.25) is 12.8 Å². The summed E-state index contributed by atoms with van der Waals surface area (Å²) in [6.45, 7) is 1.90. The van der Waals surface area contributed by atoms with Gasteiger partial charge in [-0.1, -0.05) is 71.9 Å². The fourth-order valence-electron chi connectivity index (χ4n) is 3.13. The van der Waals surface area contributed by atoms with Crippen molar-refractivity contribution < 1.29 is 14.4 Å². The van der Waals surface area contributed by atoms with Crippen LogP contribution >= 0.6 is 11.8 Å². The molecule has 9 heteroatoms. The van der Waals surface area contributed by atoms with Gasteiger partial charge in [0.15, 0.2) is 11.2 Å². The minimum Gasteiger partial charge on any atom is -0.383 e. The zero-order valence-electron chi connectivity index (χ0n) is 17.4. The Morgan fingerprint density at radius 2 is 1.64 bits per heavy atom. The highest BCUT2D eigenvalue weighted by molar-refractivity contribution is 8.00. The average molecular weight is 455 g/mol. The maximum Gasteiger partial charge on any atom is 0.217 e. The summed E-state index contributed by atoms with van der Waals surface area (Å²) in [4.78, 5) is 41.0. The van der Waals surface area contributed by atoms with Gasteiger partial charge in [-0.3, -0.25) is 19.3 Å². The summed E-state index contributed by atoms with van der Waals surface area (Å²) >= 11 is 0.736. The van der Waals surface area contributed by atoms with Gasteiger partial charge in [-0.05, 0) is 12.5 Å². The van der Waals surface area contributed by atoms with Crippen molar-refractivity contribution in [3.63, 3.8) is 0 Å². The summed E-state index contributed by atoms with van der Waals surface area (Å²) in [5.74, 6) is -0.672. The van der Waals surface area contributed by atoms with E-state index in [1.54, 1.807) is 42.5 Å². The van der Waals surface area contributed by atoms with E-state index < -0.39 is 11.2 Å². The van der Waals surface area contributed by atoms with Gasteiger partial charge < -0.3 is 5.73 Å². The van der Waals surface area contributed by atoms with E-state index in [0.29, 0.717) is 10.5 Å². The molecule has 2 aromatic carbocycles. The molecule has 0 aliphatic carbocycles. The lowest BCUT2D eigenvalue weighted by atomic mass is 9.96. The predicted molar refractivity (Wildman–Crippen MR) is 123 cm³/mol. The van der Waals surface area contributed by atoms with Gasteiger partial charge in [-0.25, -0.2) is 4.98 Å². The number of amides is 2. The Morgan fingerprint density at radius 3 is 2.18 bits per heavy atom. The lowest BCUT2D eigenvalue weighted by Gasteiger charge is -2.22. The van der Waals surface area contributed by atoms with Crippen molar-refractivity contribution in [3.05, 3.63) is 76.9 Å². The molecule has 2 N–H and O–H groups in total. The lowest BCUT2D eigenvalue weighted by Crippen LogP contribution is -2.37. The summed E-state index contributed by atoms with van der Waals surface area (Å²) in [6.07, 6.45) is 0.455. The summed E-state index contributed by atoms with van der Waals surface area (Å²) in [6, 6.07) is 19.3. The van der Waals surface area contributed by atoms with Crippen LogP contribution in [0.25, 0.3) is 11.1 Å². The van der Waals surface area contributed by atoms with Crippen LogP contribution in [0.2, 0.25) is 0 Å². The third kappa shape index (κ3) is 4.74. The Labute approximate surface area is 194 Å². The second-order valence-corrected chi connectivity index (χ2v) is 7.94. The zero-order valence-corrected chi connectivity index (χ0v) is 18.2. The van der Waals surface area contributed by atoms with Crippen molar-refractivity contribution in [3.8, 4) is 23.3 Å². The molecule has 0 radical (unpaired) electrons. The van der Waals surface area contributed by atoms with Gasteiger partial charge in [0.05, 0.1) is 5.56 Å². The number of pyridine rings is 1. The van der Waals surface area contributed by atoms with Crippen LogP contribution < -0.4 is 5.73 Å². The lowest BCUT2D eigenvalue weighted by molar-refractivity contribution is -0.129. The van der Waals surface area contributed by atoms with Gasteiger partial charge in [-0.15, -0.1) is 0 Å². The van der Waals surface area contributed by atoms with Crippen molar-refractivity contribution in [1.82, 2.24) is 9.88 Å². The number of Topliss-reactive ketones (excluding diaryl/α,β-unsaturated/α-hetero) is 1. The number of rotatable bonds is 8. The molecule has 3 aromatic rings. The number of benzene rings is 2. The first kappa shape index (κ1) is 23.2. The number of hydrogen-bond donors (Lipinski definition) is 1. The molecule has 0 fully saturated rings. The van der Waals surface area contributed by atoms with Crippen LogP contribution in [0.1, 0.15) is 27.0 Å². The summed E-state index contributed by atoms with van der Waals surface area (Å²) in [5, 5.41) is 18.3. The number of hydrogen-bond acceptors (Lipinski definition) is 8. The smallest absolute Gasteiger partial charge is 0.217 e. The van der Waals surface area contributed by atoms with E-state index >= 15 is 0 Å². The average Bonchev–Trinajstić information content (AvgIpc) is 2.84. The van der Waals surface area contributed by atoms with Crippen LogP contribution in [0.5, 0.6) is 0 Å². The number of imide groups is 1. The Morgan fingerprint density at radius 1 is 1.03 bits per heavy atom. The summed E-state index contributed by atoms with van der Waals surface area (Å²) in [5.41, 5.74) is 8.15. The number of aromatic nitrogens is 1. The van der Waals surface area contributed by atoms with Crippen LogP contribution in [0.4, 0.5) is 5.82 Å². The first-order valence-corrected chi connectivity index (χ1v) is 10.5. The molecular weight excluding hydrogens is 438 g/mol. The van der Waals surface area contributed by atoms with Crippen LogP contribution in [0, 0.1) is 29.6 Å². The second kappa shape index (κ2) is 10.2. The molecule has 1 aromatic heterocycles. The predicted octanol–water partition coefficient (Wildman–Crippen LogP) is 3.30. The molecule has 8 nitrogen and oxygen atoms in total. The monoisotopic (exact) mass is 455 g/mol. The number of nitrogen functional groups attached to an aromatic ring is 1. The molecule has 162 valence electrons. The van der Waals surface area contributed by atoms with E-state index in [1.807, 2.05) is 31.2 Å². The molecule has 0 saturated carbocycles. The topological polar surface area (TPSA) is 141 Å². The van der Waals surface area contributed by atoms with E-state index in [-0.39, 0.29) is 45.9 Å². The third-order valence-electron chi connectivity index (χ3n) is 4.78. The number of anilines is 1. The molecular formula is C24H17N5O3S. The first-order valence-electron chi connectivity index (χ1n) is 9.59. The SMILES string of the molecule is Cc1ccc(-c2c(C#N)c(N)nc(SC(C(=O)c3ccccc3)N(C=O)C=O)c2C#N)cc1. The highest BCUT2D eigenvalue weighted by Crippen LogP contribution is 2.38. The van der Waals surface area contributed by atoms with Gasteiger partial charge in [0.1, 0.15) is 28.5 Å². The zero-order chi connectivity index (χ0) is 24.0. The first-order chi connectivity index (χ1) is 15.9. The largest absolute Gasteiger partial charge is 0.383 e. The van der Waals surface area contributed by atoms with E-state index in [1.165, 1.54) is 0 Å². The third-order valence-corrected chi connectivity index (χ3v) is 5.98. The maximum atomic E-state index is 13.1. The van der Waals surface area contributed by atoms with E-state index in [9.17, 15) is 24.9 Å². The van der Waals surface area contributed by atoms with Crippen molar-refractivity contribution in [2.45, 2.75) is 17.3 Å². The number of thioether (sulfide) groups is 1. The number of nitrogens with zero attached hydrogens (tertiary/aromatic N) is 4. The quantitative estimate of drug-likeness (QED) is 0.236. The molecule has 1 heterocycles. The fourth-order valence-corrected chi connectivity index (χ4v) is 4.22. The number of aryl methyl sites for hydroxylation is 1. The molecule has 0 bridgehead atoms. The standard InChI is InChI=1S/C24H17N5O3S/c1-15-7-9-16(10-8-15)20-18(11-25)22(27)28-23(19(20)12-26)33-24(29(13-30)14-31)21(32)17-5-3-2-4-6-17/h2-10,13-14,24H,1H3,(H2,27,28).